The third kappa shape index (κ3) is 4.09. The number of carbonyl (C=O) groups excluding carboxylic acids is 2. The molecule has 0 fully saturated rings. The highest BCUT2D eigenvalue weighted by molar-refractivity contribution is 6.30. The van der Waals surface area contributed by atoms with Gasteiger partial charge in [-0.05, 0) is 73.5 Å². The van der Waals surface area contributed by atoms with Crippen molar-refractivity contribution in [3.05, 3.63) is 88.3 Å². The van der Waals surface area contributed by atoms with E-state index in [0.717, 1.165) is 16.5 Å². The van der Waals surface area contributed by atoms with Gasteiger partial charge in [-0.3, -0.25) is 19.1 Å². The Morgan fingerprint density at radius 2 is 1.84 bits per heavy atom. The lowest BCUT2D eigenvalue weighted by Gasteiger charge is -2.09. The Morgan fingerprint density at radius 3 is 2.53 bits per heavy atom. The van der Waals surface area contributed by atoms with E-state index in [-0.39, 0.29) is 18.2 Å². The van der Waals surface area contributed by atoms with Gasteiger partial charge in [-0.1, -0.05) is 11.6 Å². The smallest absolute Gasteiger partial charge is 0.262 e. The van der Waals surface area contributed by atoms with Crippen molar-refractivity contribution in [2.45, 2.75) is 20.3 Å². The number of aromatic nitrogens is 2. The summed E-state index contributed by atoms with van der Waals surface area (Å²) < 4.78 is 7.02. The molecule has 0 bridgehead atoms. The molecule has 0 aliphatic carbocycles. The van der Waals surface area contributed by atoms with Gasteiger partial charge in [0.05, 0.1) is 30.9 Å². The Hall–Kier alpha value is -3.64. The molecule has 0 aliphatic heterocycles. The average molecular weight is 448 g/mol. The zero-order valence-electron chi connectivity index (χ0n) is 18.0. The maximum Gasteiger partial charge on any atom is 0.262 e. The van der Waals surface area contributed by atoms with Crippen molar-refractivity contribution in [3.63, 3.8) is 0 Å². The number of nitrogens with zero attached hydrogens (tertiary/aromatic N) is 2. The van der Waals surface area contributed by atoms with Crippen molar-refractivity contribution in [2.24, 2.45) is 0 Å². The Bertz CT molecular complexity index is 1330. The lowest BCUT2D eigenvalue weighted by Crippen LogP contribution is -2.17. The Labute approximate surface area is 190 Å². The van der Waals surface area contributed by atoms with Gasteiger partial charge in [0.2, 0.25) is 5.91 Å². The number of rotatable bonds is 5. The molecule has 2 aromatic carbocycles. The largest absolute Gasteiger partial charge is 0.497 e. The molecule has 4 aromatic rings. The van der Waals surface area contributed by atoms with Gasteiger partial charge in [-0.15, -0.1) is 0 Å². The summed E-state index contributed by atoms with van der Waals surface area (Å²) in [6, 6.07) is 14.1. The number of benzene rings is 2. The number of aryl methyl sites for hydroxylation is 1. The molecular weight excluding hydrogens is 426 g/mol. The van der Waals surface area contributed by atoms with Crippen LogP contribution in [0.2, 0.25) is 5.02 Å². The molecule has 0 spiro atoms. The van der Waals surface area contributed by atoms with Crippen LogP contribution in [0, 0.1) is 13.8 Å². The van der Waals surface area contributed by atoms with Crippen molar-refractivity contribution < 1.29 is 14.3 Å². The van der Waals surface area contributed by atoms with Crippen molar-refractivity contribution in [3.8, 4) is 5.75 Å². The lowest BCUT2D eigenvalue weighted by molar-refractivity contribution is -0.115. The fraction of sp³-hybridized carbons (Fsp3) is 0.160. The van der Waals surface area contributed by atoms with E-state index in [2.05, 4.69) is 10.3 Å². The number of fused-ring (bicyclic) bond motifs is 1. The molecule has 6 nitrogen and oxygen atoms in total. The highest BCUT2D eigenvalue weighted by atomic mass is 35.5. The van der Waals surface area contributed by atoms with E-state index in [1.54, 1.807) is 54.4 Å². The summed E-state index contributed by atoms with van der Waals surface area (Å²) in [5.74, 6) is 0.271. The van der Waals surface area contributed by atoms with Crippen LogP contribution in [0.5, 0.6) is 5.75 Å². The molecule has 32 heavy (non-hydrogen) atoms. The average Bonchev–Trinajstić information content (AvgIpc) is 3.06. The van der Waals surface area contributed by atoms with Crippen LogP contribution in [0.15, 0.2) is 60.9 Å². The zero-order valence-corrected chi connectivity index (χ0v) is 18.7. The molecule has 4 rings (SSSR count). The molecule has 0 atom stereocenters. The van der Waals surface area contributed by atoms with E-state index in [9.17, 15) is 9.59 Å². The van der Waals surface area contributed by atoms with Gasteiger partial charge < -0.3 is 10.1 Å². The number of ether oxygens (including phenoxy) is 1. The fourth-order valence-electron chi connectivity index (χ4n) is 3.75. The van der Waals surface area contributed by atoms with E-state index in [0.29, 0.717) is 33.2 Å². The van der Waals surface area contributed by atoms with Gasteiger partial charge in [0.25, 0.3) is 5.91 Å². The number of carbonyl (C=O) groups is 2. The summed E-state index contributed by atoms with van der Waals surface area (Å²) in [6.45, 7) is 3.75. The van der Waals surface area contributed by atoms with Crippen molar-refractivity contribution in [1.82, 2.24) is 9.55 Å². The second-order valence-corrected chi connectivity index (χ2v) is 7.95. The summed E-state index contributed by atoms with van der Waals surface area (Å²) in [6.07, 6.45) is 3.40. The highest BCUT2D eigenvalue weighted by Crippen LogP contribution is 2.31. The number of hydrogen-bond acceptors (Lipinski definition) is 4. The van der Waals surface area contributed by atoms with Gasteiger partial charge >= 0.3 is 0 Å². The van der Waals surface area contributed by atoms with Crippen molar-refractivity contribution in [2.75, 3.05) is 12.4 Å². The van der Waals surface area contributed by atoms with Gasteiger partial charge in [-0.25, -0.2) is 0 Å². The van der Waals surface area contributed by atoms with Crippen LogP contribution in [0.4, 0.5) is 5.69 Å². The van der Waals surface area contributed by atoms with E-state index < -0.39 is 0 Å². The molecule has 162 valence electrons. The summed E-state index contributed by atoms with van der Waals surface area (Å²) in [5, 5.41) is 4.27. The number of methoxy groups -OCH3 is 1. The molecule has 2 aromatic heterocycles. The van der Waals surface area contributed by atoms with E-state index in [4.69, 9.17) is 16.3 Å². The maximum absolute atomic E-state index is 13.4. The fourth-order valence-corrected chi connectivity index (χ4v) is 3.87. The van der Waals surface area contributed by atoms with E-state index in [1.165, 1.54) is 0 Å². The minimum Gasteiger partial charge on any atom is -0.497 e. The third-order valence-corrected chi connectivity index (χ3v) is 5.74. The van der Waals surface area contributed by atoms with E-state index in [1.807, 2.05) is 32.0 Å². The second kappa shape index (κ2) is 8.85. The van der Waals surface area contributed by atoms with Crippen LogP contribution in [0.3, 0.4) is 0 Å². The minimum absolute atomic E-state index is 0.102. The first-order valence-electron chi connectivity index (χ1n) is 10.1. The quantitative estimate of drug-likeness (QED) is 0.457. The lowest BCUT2D eigenvalue weighted by atomic mass is 10.1. The van der Waals surface area contributed by atoms with Crippen LogP contribution >= 0.6 is 11.6 Å². The van der Waals surface area contributed by atoms with Crippen LogP contribution in [-0.4, -0.2) is 28.5 Å². The molecule has 1 amide bonds. The maximum atomic E-state index is 13.4. The number of halogens is 1. The number of anilines is 1. The van der Waals surface area contributed by atoms with E-state index >= 15 is 0 Å². The number of pyridine rings is 1. The number of hydrogen-bond donors (Lipinski definition) is 1. The number of nitrogens with one attached hydrogen (secondary N) is 1. The Balaban J connectivity index is 1.77. The van der Waals surface area contributed by atoms with Crippen LogP contribution in [0.25, 0.3) is 10.9 Å². The van der Waals surface area contributed by atoms with Crippen LogP contribution < -0.4 is 10.1 Å². The minimum atomic E-state index is -0.191. The zero-order chi connectivity index (χ0) is 22.8. The first-order chi connectivity index (χ1) is 15.4. The molecular formula is C25H22ClN3O3. The highest BCUT2D eigenvalue weighted by Gasteiger charge is 2.22. The first-order valence-corrected chi connectivity index (χ1v) is 10.5. The predicted octanol–water partition coefficient (Wildman–Crippen LogP) is 5.18. The topological polar surface area (TPSA) is 73.2 Å². The molecule has 0 radical (unpaired) electrons. The van der Waals surface area contributed by atoms with Crippen molar-refractivity contribution >= 4 is 40.0 Å². The molecule has 7 heteroatoms. The van der Waals surface area contributed by atoms with Gasteiger partial charge in [0.15, 0.2) is 0 Å². The normalized spacial score (nSPS) is 10.9. The second-order valence-electron chi connectivity index (χ2n) is 7.51. The Morgan fingerprint density at radius 1 is 1.09 bits per heavy atom. The van der Waals surface area contributed by atoms with Gasteiger partial charge in [0, 0.05) is 27.9 Å². The molecule has 2 heterocycles. The monoisotopic (exact) mass is 447 g/mol. The molecule has 0 saturated heterocycles. The van der Waals surface area contributed by atoms with Gasteiger partial charge in [-0.2, -0.15) is 0 Å². The van der Waals surface area contributed by atoms with Gasteiger partial charge in [0.1, 0.15) is 5.75 Å². The van der Waals surface area contributed by atoms with Crippen LogP contribution in [0.1, 0.15) is 27.2 Å². The predicted molar refractivity (Wildman–Crippen MR) is 126 cm³/mol. The first kappa shape index (κ1) is 21.6. The third-order valence-electron chi connectivity index (χ3n) is 5.49. The van der Waals surface area contributed by atoms with Crippen LogP contribution in [-0.2, 0) is 11.2 Å². The molecule has 0 unspecified atom stereocenters. The molecule has 1 N–H and O–H groups in total. The number of amides is 1. The SMILES string of the molecule is COc1ccc2c(c1)c(CC(=O)Nc1cnccc1C)c(C)n2C(=O)c1ccc(Cl)cc1. The van der Waals surface area contributed by atoms with Crippen molar-refractivity contribution in [1.29, 1.82) is 0 Å². The summed E-state index contributed by atoms with van der Waals surface area (Å²) in [7, 11) is 1.58. The molecule has 0 aliphatic rings. The standard InChI is InChI=1S/C25H22ClN3O3/c1-15-10-11-27-14-22(15)28-24(30)13-20-16(2)29(23-9-8-19(32-3)12-21(20)23)25(31)17-4-6-18(26)7-5-17/h4-12,14H,13H2,1-3H3,(H,28,30). The summed E-state index contributed by atoms with van der Waals surface area (Å²) in [4.78, 5) is 30.3. The molecule has 0 saturated carbocycles. The Kier molecular flexibility index (Phi) is 5.97. The summed E-state index contributed by atoms with van der Waals surface area (Å²) in [5.41, 5.74) is 4.27. The summed E-state index contributed by atoms with van der Waals surface area (Å²) >= 11 is 5.98.